The van der Waals surface area contributed by atoms with Gasteiger partial charge in [0.1, 0.15) is 5.82 Å². The van der Waals surface area contributed by atoms with Crippen molar-refractivity contribution in [3.05, 3.63) is 48.0 Å². The number of azo groups is 1. The summed E-state index contributed by atoms with van der Waals surface area (Å²) in [7, 11) is 0. The number of hydrogen-bond acceptors (Lipinski definition) is 3. The minimum atomic E-state index is -0.316. The summed E-state index contributed by atoms with van der Waals surface area (Å²) in [6.07, 6.45) is 1.71. The third-order valence-corrected chi connectivity index (χ3v) is 1.79. The van der Waals surface area contributed by atoms with Crippen LogP contribution in [-0.4, -0.2) is 0 Å². The van der Waals surface area contributed by atoms with Gasteiger partial charge in [-0.25, -0.2) is 4.39 Å². The molecule has 1 aromatic rings. The van der Waals surface area contributed by atoms with E-state index in [9.17, 15) is 4.39 Å². The second-order valence-electron chi connectivity index (χ2n) is 2.62. The average molecular weight is 176 g/mol. The molecule has 13 heavy (non-hydrogen) atoms. The average Bonchev–Trinajstić information content (AvgIpc) is 2.52. The Morgan fingerprint density at radius 2 is 2.00 bits per heavy atom. The molecule has 1 aliphatic heterocycles. The number of halogens is 1. The largest absolute Gasteiger partial charge is 0.298 e. The fraction of sp³-hybridized carbons (Fsp3) is 0. The highest BCUT2D eigenvalue weighted by Gasteiger charge is 2.18. The quantitative estimate of drug-likeness (QED) is 0.699. The van der Waals surface area contributed by atoms with Crippen molar-refractivity contribution >= 4 is 5.57 Å². The van der Waals surface area contributed by atoms with Gasteiger partial charge in [0.05, 0.1) is 6.20 Å². The first kappa shape index (κ1) is 8.07. The van der Waals surface area contributed by atoms with Crippen molar-refractivity contribution in [2.24, 2.45) is 16.0 Å². The molecule has 2 rings (SSSR count). The second kappa shape index (κ2) is 3.06. The van der Waals surface area contributed by atoms with Gasteiger partial charge in [0.15, 0.2) is 0 Å². The molecule has 3 nitrogen and oxygen atoms in total. The van der Waals surface area contributed by atoms with Crippen LogP contribution in [0.15, 0.2) is 40.7 Å². The van der Waals surface area contributed by atoms with E-state index in [1.807, 2.05) is 0 Å². The van der Waals surface area contributed by atoms with E-state index >= 15 is 0 Å². The van der Waals surface area contributed by atoms with Gasteiger partial charge in [-0.05, 0) is 6.07 Å². The highest BCUT2D eigenvalue weighted by atomic mass is 19.1. The van der Waals surface area contributed by atoms with Gasteiger partial charge in [-0.3, -0.25) is 5.73 Å². The lowest BCUT2D eigenvalue weighted by molar-refractivity contribution is 0.623. The molecule has 0 unspecified atom stereocenters. The molecule has 1 aliphatic rings. The topological polar surface area (TPSA) is 50.7 Å². The van der Waals surface area contributed by atoms with Crippen LogP contribution in [0.1, 0.15) is 5.56 Å². The Hall–Kier alpha value is -1.55. The Kier molecular flexibility index (Phi) is 1.90. The molecule has 0 amide bonds. The standard InChI is InChI=1S/C9H7FN3/c10-8-4-2-1-3-6(8)7-5-12-13-9(7)11/h1-5H,11H2. The lowest BCUT2D eigenvalue weighted by Crippen LogP contribution is -2.07. The summed E-state index contributed by atoms with van der Waals surface area (Å²) in [6, 6.07) is 6.38. The molecule has 0 aliphatic carbocycles. The molecule has 2 N–H and O–H groups in total. The van der Waals surface area contributed by atoms with Crippen molar-refractivity contribution in [2.75, 3.05) is 0 Å². The van der Waals surface area contributed by atoms with Crippen LogP contribution >= 0.6 is 0 Å². The van der Waals surface area contributed by atoms with Gasteiger partial charge in [-0.15, -0.1) is 0 Å². The van der Waals surface area contributed by atoms with Gasteiger partial charge in [0.25, 0.3) is 0 Å². The zero-order chi connectivity index (χ0) is 9.26. The Labute approximate surface area is 74.8 Å². The zero-order valence-corrected chi connectivity index (χ0v) is 6.74. The maximum Gasteiger partial charge on any atom is 0.202 e. The fourth-order valence-electron chi connectivity index (χ4n) is 1.16. The van der Waals surface area contributed by atoms with Crippen molar-refractivity contribution < 1.29 is 4.39 Å². The van der Waals surface area contributed by atoms with Crippen molar-refractivity contribution in [3.8, 4) is 0 Å². The molecule has 0 saturated heterocycles. The number of rotatable bonds is 1. The number of benzene rings is 1. The minimum Gasteiger partial charge on any atom is -0.298 e. The molecule has 4 heteroatoms. The lowest BCUT2D eigenvalue weighted by atomic mass is 10.1. The third-order valence-electron chi connectivity index (χ3n) is 1.79. The predicted molar refractivity (Wildman–Crippen MR) is 46.7 cm³/mol. The first-order chi connectivity index (χ1) is 6.29. The van der Waals surface area contributed by atoms with Gasteiger partial charge < -0.3 is 0 Å². The summed E-state index contributed by atoms with van der Waals surface area (Å²) in [5.41, 5.74) is 6.48. The second-order valence-corrected chi connectivity index (χ2v) is 2.62. The lowest BCUT2D eigenvalue weighted by Gasteiger charge is -2.05. The van der Waals surface area contributed by atoms with Gasteiger partial charge in [-0.1, -0.05) is 18.2 Å². The first-order valence-electron chi connectivity index (χ1n) is 3.78. The molecule has 0 atom stereocenters. The van der Waals surface area contributed by atoms with Crippen LogP contribution in [-0.2, 0) is 0 Å². The monoisotopic (exact) mass is 176 g/mol. The Morgan fingerprint density at radius 1 is 1.23 bits per heavy atom. The summed E-state index contributed by atoms with van der Waals surface area (Å²) in [4.78, 5) is 0. The van der Waals surface area contributed by atoms with E-state index in [-0.39, 0.29) is 12.0 Å². The summed E-state index contributed by atoms with van der Waals surface area (Å²) in [5.74, 6) is -0.316. The van der Waals surface area contributed by atoms with Crippen molar-refractivity contribution in [3.63, 3.8) is 0 Å². The highest BCUT2D eigenvalue weighted by Crippen LogP contribution is 2.28. The van der Waals surface area contributed by atoms with Crippen LogP contribution in [0.4, 0.5) is 4.39 Å². The van der Waals surface area contributed by atoms with Crippen molar-refractivity contribution in [1.82, 2.24) is 0 Å². The molecular formula is C9H7FN3. The van der Waals surface area contributed by atoms with Crippen LogP contribution in [0.3, 0.4) is 0 Å². The molecule has 0 fully saturated rings. The van der Waals surface area contributed by atoms with E-state index in [2.05, 4.69) is 10.2 Å². The van der Waals surface area contributed by atoms with Gasteiger partial charge in [0.2, 0.25) is 6.17 Å². The summed E-state index contributed by atoms with van der Waals surface area (Å²) in [6.45, 7) is 0. The Morgan fingerprint density at radius 3 is 2.62 bits per heavy atom. The molecule has 0 bridgehead atoms. The molecule has 0 spiro atoms. The fourth-order valence-corrected chi connectivity index (χ4v) is 1.16. The van der Waals surface area contributed by atoms with E-state index in [0.717, 1.165) is 0 Å². The molecule has 0 aromatic heterocycles. The van der Waals surface area contributed by atoms with Crippen LogP contribution in [0.5, 0.6) is 0 Å². The van der Waals surface area contributed by atoms with E-state index in [4.69, 9.17) is 5.73 Å². The van der Waals surface area contributed by atoms with Crippen LogP contribution < -0.4 is 5.73 Å². The molecule has 0 saturated carbocycles. The molecule has 1 heterocycles. The summed E-state index contributed by atoms with van der Waals surface area (Å²) in [5, 5.41) is 7.19. The van der Waals surface area contributed by atoms with Crippen molar-refractivity contribution in [2.45, 2.75) is 0 Å². The highest BCUT2D eigenvalue weighted by molar-refractivity contribution is 5.76. The van der Waals surface area contributed by atoms with Crippen molar-refractivity contribution in [1.29, 1.82) is 0 Å². The Bertz CT molecular complexity index is 384. The number of nitrogens with zero attached hydrogens (tertiary/aromatic N) is 2. The zero-order valence-electron chi connectivity index (χ0n) is 6.74. The maximum absolute atomic E-state index is 13.2. The molecular weight excluding hydrogens is 169 g/mol. The number of hydrogen-bond donors (Lipinski definition) is 1. The Balaban J connectivity index is 2.42. The maximum atomic E-state index is 13.2. The summed E-state index contributed by atoms with van der Waals surface area (Å²) < 4.78 is 13.2. The van der Waals surface area contributed by atoms with E-state index in [1.54, 1.807) is 18.2 Å². The predicted octanol–water partition coefficient (Wildman–Crippen LogP) is 2.08. The molecule has 1 radical (unpaired) electrons. The van der Waals surface area contributed by atoms with Gasteiger partial charge >= 0.3 is 0 Å². The van der Waals surface area contributed by atoms with Crippen LogP contribution in [0.25, 0.3) is 5.57 Å². The van der Waals surface area contributed by atoms with Gasteiger partial charge in [0, 0.05) is 11.1 Å². The smallest absolute Gasteiger partial charge is 0.202 e. The molecule has 1 aromatic carbocycles. The van der Waals surface area contributed by atoms with Gasteiger partial charge in [-0.2, -0.15) is 10.2 Å². The normalized spacial score (nSPS) is 16.3. The van der Waals surface area contributed by atoms with Crippen LogP contribution in [0.2, 0.25) is 0 Å². The molecule has 65 valence electrons. The van der Waals surface area contributed by atoms with E-state index in [1.165, 1.54) is 12.3 Å². The SMILES string of the molecule is N[C]1N=NC=C1c1ccccc1F. The number of nitrogens with two attached hydrogens (primary N) is 1. The summed E-state index contributed by atoms with van der Waals surface area (Å²) >= 11 is 0. The first-order valence-corrected chi connectivity index (χ1v) is 3.78. The van der Waals surface area contributed by atoms with E-state index < -0.39 is 0 Å². The minimum absolute atomic E-state index is 0.255. The van der Waals surface area contributed by atoms with Crippen LogP contribution in [0, 0.1) is 12.0 Å². The third kappa shape index (κ3) is 1.36. The van der Waals surface area contributed by atoms with E-state index in [0.29, 0.717) is 11.1 Å².